The van der Waals surface area contributed by atoms with E-state index in [4.69, 9.17) is 5.73 Å². The third kappa shape index (κ3) is 1.75. The van der Waals surface area contributed by atoms with Crippen LogP contribution in [0.2, 0.25) is 0 Å². The number of hydrogen-bond donors (Lipinski definition) is 2. The lowest BCUT2D eigenvalue weighted by molar-refractivity contribution is 0.946. The van der Waals surface area contributed by atoms with E-state index in [-0.39, 0.29) is 0 Å². The van der Waals surface area contributed by atoms with Gasteiger partial charge in [-0.3, -0.25) is 15.1 Å². The van der Waals surface area contributed by atoms with Gasteiger partial charge in [0.1, 0.15) is 0 Å². The van der Waals surface area contributed by atoms with Gasteiger partial charge in [0, 0.05) is 24.2 Å². The lowest BCUT2D eigenvalue weighted by Gasteiger charge is -2.02. The maximum absolute atomic E-state index is 6.00. The van der Waals surface area contributed by atoms with Crippen molar-refractivity contribution in [3.05, 3.63) is 49.2 Å². The van der Waals surface area contributed by atoms with Gasteiger partial charge in [0.15, 0.2) is 5.82 Å². The van der Waals surface area contributed by atoms with Gasteiger partial charge in [-0.25, -0.2) is 4.52 Å². The largest absolute Gasteiger partial charge is 0.382 e. The molecule has 0 atom stereocenters. The highest BCUT2D eigenvalue weighted by molar-refractivity contribution is 5.91. The van der Waals surface area contributed by atoms with Crippen LogP contribution in [-0.4, -0.2) is 29.8 Å². The van der Waals surface area contributed by atoms with Gasteiger partial charge in [0.05, 0.1) is 34.9 Å². The average Bonchev–Trinajstić information content (AvgIpc) is 3.11. The first-order valence-corrected chi connectivity index (χ1v) is 6.37. The molecule has 0 aliphatic heterocycles. The minimum Gasteiger partial charge on any atom is -0.382 e. The van der Waals surface area contributed by atoms with Gasteiger partial charge in [0.2, 0.25) is 0 Å². The van der Waals surface area contributed by atoms with Crippen molar-refractivity contribution in [1.29, 1.82) is 0 Å². The molecule has 0 aliphatic carbocycles. The number of nitrogens with two attached hydrogens (primary N) is 1. The van der Waals surface area contributed by atoms with Gasteiger partial charge in [0.25, 0.3) is 0 Å². The molecule has 0 saturated heterocycles. The molecule has 7 heteroatoms. The number of pyridine rings is 1. The van der Waals surface area contributed by atoms with Crippen molar-refractivity contribution in [3.8, 4) is 22.5 Å². The van der Waals surface area contributed by atoms with Crippen LogP contribution in [0.3, 0.4) is 0 Å². The molecule has 3 N–H and O–H groups in total. The molecule has 7 nitrogen and oxygen atoms in total. The summed E-state index contributed by atoms with van der Waals surface area (Å²) >= 11 is 0. The van der Waals surface area contributed by atoms with Crippen LogP contribution in [0.4, 0.5) is 5.82 Å². The molecule has 0 radical (unpaired) electrons. The number of aromatic amines is 1. The van der Waals surface area contributed by atoms with Crippen LogP contribution in [-0.2, 0) is 0 Å². The molecule has 0 amide bonds. The molecule has 0 fully saturated rings. The van der Waals surface area contributed by atoms with Crippen molar-refractivity contribution in [2.75, 3.05) is 5.73 Å². The molecule has 0 spiro atoms. The smallest absolute Gasteiger partial charge is 0.155 e. The Hall–Kier alpha value is -3.22. The summed E-state index contributed by atoms with van der Waals surface area (Å²) in [5.41, 5.74) is 10.1. The molecular weight excluding hydrogens is 266 g/mol. The first-order chi connectivity index (χ1) is 10.3. The van der Waals surface area contributed by atoms with Crippen molar-refractivity contribution >= 4 is 11.3 Å². The van der Waals surface area contributed by atoms with Crippen molar-refractivity contribution in [2.24, 2.45) is 0 Å². The van der Waals surface area contributed by atoms with E-state index in [0.717, 1.165) is 28.0 Å². The number of nitrogens with one attached hydrogen (secondary N) is 1. The van der Waals surface area contributed by atoms with Crippen molar-refractivity contribution in [2.45, 2.75) is 0 Å². The van der Waals surface area contributed by atoms with Crippen molar-refractivity contribution in [3.63, 3.8) is 0 Å². The average molecular weight is 277 g/mol. The standard InChI is InChI=1S/C14H11N7/c15-14-12(10-3-1-2-4-17-10)13(19-20-14)9-7-18-21-6-5-16-8-11(9)21/h1-8H,(H3,15,19,20). The number of aromatic nitrogens is 6. The molecule has 0 aliphatic rings. The third-order valence-electron chi connectivity index (χ3n) is 3.31. The Kier molecular flexibility index (Phi) is 2.43. The van der Waals surface area contributed by atoms with Gasteiger partial charge in [-0.15, -0.1) is 0 Å². The summed E-state index contributed by atoms with van der Waals surface area (Å²) in [7, 11) is 0. The number of anilines is 1. The molecule has 0 bridgehead atoms. The Bertz CT molecular complexity index is 907. The van der Waals surface area contributed by atoms with Crippen LogP contribution >= 0.6 is 0 Å². The second-order valence-corrected chi connectivity index (χ2v) is 4.54. The van der Waals surface area contributed by atoms with Crippen molar-refractivity contribution in [1.82, 2.24) is 29.8 Å². The second-order valence-electron chi connectivity index (χ2n) is 4.54. The molecule has 4 aromatic rings. The predicted octanol–water partition coefficient (Wildman–Crippen LogP) is 1.76. The summed E-state index contributed by atoms with van der Waals surface area (Å²) in [6.07, 6.45) is 8.71. The SMILES string of the molecule is Nc1n[nH]c(-c2cnn3ccncc23)c1-c1ccccn1. The van der Waals surface area contributed by atoms with Crippen molar-refractivity contribution < 1.29 is 0 Å². The number of rotatable bonds is 2. The van der Waals surface area contributed by atoms with Crippen LogP contribution in [0, 0.1) is 0 Å². The van der Waals surface area contributed by atoms with E-state index in [2.05, 4.69) is 25.3 Å². The first kappa shape index (κ1) is 11.6. The number of hydrogen-bond acceptors (Lipinski definition) is 5. The third-order valence-corrected chi connectivity index (χ3v) is 3.31. The summed E-state index contributed by atoms with van der Waals surface area (Å²) in [5.74, 6) is 0.409. The topological polar surface area (TPSA) is 97.8 Å². The van der Waals surface area contributed by atoms with E-state index in [9.17, 15) is 0 Å². The zero-order valence-corrected chi connectivity index (χ0v) is 10.9. The van der Waals surface area contributed by atoms with Gasteiger partial charge < -0.3 is 5.73 Å². The molecule has 0 saturated carbocycles. The minimum absolute atomic E-state index is 0.409. The highest BCUT2D eigenvalue weighted by Gasteiger charge is 2.18. The monoisotopic (exact) mass is 277 g/mol. The number of fused-ring (bicyclic) bond motifs is 1. The maximum atomic E-state index is 6.00. The quantitative estimate of drug-likeness (QED) is 0.582. The normalized spacial score (nSPS) is 11.0. The number of nitrogens with zero attached hydrogens (tertiary/aromatic N) is 5. The van der Waals surface area contributed by atoms with E-state index >= 15 is 0 Å². The Morgan fingerprint density at radius 1 is 1.14 bits per heavy atom. The molecule has 0 unspecified atom stereocenters. The Balaban J connectivity index is 1.98. The molecule has 21 heavy (non-hydrogen) atoms. The van der Waals surface area contributed by atoms with E-state index in [0.29, 0.717) is 5.82 Å². The molecule has 102 valence electrons. The van der Waals surface area contributed by atoms with Gasteiger partial charge in [-0.2, -0.15) is 10.2 Å². The van der Waals surface area contributed by atoms with E-state index in [1.54, 1.807) is 35.5 Å². The summed E-state index contributed by atoms with van der Waals surface area (Å²) in [4.78, 5) is 8.49. The lowest BCUT2D eigenvalue weighted by Crippen LogP contribution is -1.91. The summed E-state index contributed by atoms with van der Waals surface area (Å²) in [5, 5.41) is 11.4. The van der Waals surface area contributed by atoms with E-state index in [1.807, 2.05) is 18.2 Å². The highest BCUT2D eigenvalue weighted by Crippen LogP contribution is 2.34. The highest BCUT2D eigenvalue weighted by atomic mass is 15.2. The first-order valence-electron chi connectivity index (χ1n) is 6.37. The van der Waals surface area contributed by atoms with E-state index < -0.39 is 0 Å². The fourth-order valence-corrected chi connectivity index (χ4v) is 2.35. The zero-order valence-electron chi connectivity index (χ0n) is 10.9. The number of H-pyrrole nitrogens is 1. The van der Waals surface area contributed by atoms with Gasteiger partial charge >= 0.3 is 0 Å². The molecule has 4 heterocycles. The Labute approximate surface area is 119 Å². The van der Waals surface area contributed by atoms with Crippen LogP contribution < -0.4 is 5.73 Å². The molecule has 4 rings (SSSR count). The fourth-order valence-electron chi connectivity index (χ4n) is 2.35. The van der Waals surface area contributed by atoms with Gasteiger partial charge in [-0.1, -0.05) is 6.07 Å². The Morgan fingerprint density at radius 3 is 2.95 bits per heavy atom. The summed E-state index contributed by atoms with van der Waals surface area (Å²) < 4.78 is 1.75. The fraction of sp³-hybridized carbons (Fsp3) is 0. The summed E-state index contributed by atoms with van der Waals surface area (Å²) in [6, 6.07) is 5.67. The molecule has 4 aromatic heterocycles. The number of nitrogen functional groups attached to an aromatic ring is 1. The minimum atomic E-state index is 0.409. The predicted molar refractivity (Wildman–Crippen MR) is 78.2 cm³/mol. The van der Waals surface area contributed by atoms with Crippen LogP contribution in [0.5, 0.6) is 0 Å². The lowest BCUT2D eigenvalue weighted by atomic mass is 10.1. The molecule has 0 aromatic carbocycles. The van der Waals surface area contributed by atoms with Crippen LogP contribution in [0.15, 0.2) is 49.2 Å². The summed E-state index contributed by atoms with van der Waals surface area (Å²) in [6.45, 7) is 0. The van der Waals surface area contributed by atoms with Crippen LogP contribution in [0.25, 0.3) is 28.0 Å². The van der Waals surface area contributed by atoms with E-state index in [1.165, 1.54) is 0 Å². The van der Waals surface area contributed by atoms with Crippen LogP contribution in [0.1, 0.15) is 0 Å². The Morgan fingerprint density at radius 2 is 2.10 bits per heavy atom. The van der Waals surface area contributed by atoms with Gasteiger partial charge in [-0.05, 0) is 12.1 Å². The second kappa shape index (κ2) is 4.41. The molecular formula is C14H11N7. The maximum Gasteiger partial charge on any atom is 0.155 e. The zero-order chi connectivity index (χ0) is 14.2.